The van der Waals surface area contributed by atoms with E-state index in [1.807, 2.05) is 18.2 Å². The Labute approximate surface area is 140 Å². The third-order valence-electron chi connectivity index (χ3n) is 4.12. The van der Waals surface area contributed by atoms with Gasteiger partial charge in [0.15, 0.2) is 0 Å². The number of carbonyl (C=O) groups is 1. The van der Waals surface area contributed by atoms with Gasteiger partial charge in [-0.25, -0.2) is 14.2 Å². The predicted octanol–water partition coefficient (Wildman–Crippen LogP) is 3.54. The van der Waals surface area contributed by atoms with Crippen molar-refractivity contribution < 1.29 is 13.9 Å². The molecule has 1 aromatic carbocycles. The third-order valence-corrected chi connectivity index (χ3v) is 4.12. The Morgan fingerprint density at radius 1 is 1.21 bits per heavy atom. The number of likely N-dealkylation sites (tertiary alicyclic amines) is 1. The summed E-state index contributed by atoms with van der Waals surface area (Å²) < 4.78 is 19.3. The highest BCUT2D eigenvalue weighted by Gasteiger charge is 2.23. The molecule has 0 bridgehead atoms. The first-order chi connectivity index (χ1) is 11.7. The molecular formula is C18H20FN3O2. The summed E-state index contributed by atoms with van der Waals surface area (Å²) in [6, 6.07) is 11.5. The smallest absolute Gasteiger partial charge is 0.321 e. The summed E-state index contributed by atoms with van der Waals surface area (Å²) in [5, 5.41) is 2.62. The summed E-state index contributed by atoms with van der Waals surface area (Å²) in [5.74, 6) is 0.589. The molecule has 2 heterocycles. The van der Waals surface area contributed by atoms with Crippen molar-refractivity contribution in [3.63, 3.8) is 0 Å². The van der Waals surface area contributed by atoms with E-state index in [9.17, 15) is 9.18 Å². The number of pyridine rings is 1. The van der Waals surface area contributed by atoms with Crippen molar-refractivity contribution in [2.24, 2.45) is 5.92 Å². The fourth-order valence-corrected chi connectivity index (χ4v) is 2.70. The zero-order valence-corrected chi connectivity index (χ0v) is 13.3. The lowest BCUT2D eigenvalue weighted by Crippen LogP contribution is -2.42. The molecule has 1 aromatic heterocycles. The Kier molecular flexibility index (Phi) is 5.25. The number of nitrogens with zero attached hydrogens (tertiary/aromatic N) is 2. The molecule has 24 heavy (non-hydrogen) atoms. The SMILES string of the molecule is O=C(Nc1ccccc1F)N1CCC(COc2ccccn2)CC1. The molecule has 0 unspecified atom stereocenters. The second kappa shape index (κ2) is 7.77. The average molecular weight is 329 g/mol. The van der Waals surface area contributed by atoms with Crippen molar-refractivity contribution in [2.75, 3.05) is 25.0 Å². The summed E-state index contributed by atoms with van der Waals surface area (Å²) in [6.45, 7) is 1.87. The third kappa shape index (κ3) is 4.22. The van der Waals surface area contributed by atoms with Crippen molar-refractivity contribution in [3.8, 4) is 5.88 Å². The number of amides is 2. The van der Waals surface area contributed by atoms with Gasteiger partial charge in [-0.3, -0.25) is 0 Å². The van der Waals surface area contributed by atoms with Gasteiger partial charge in [0.25, 0.3) is 0 Å². The monoisotopic (exact) mass is 329 g/mol. The van der Waals surface area contributed by atoms with Crippen LogP contribution in [-0.4, -0.2) is 35.6 Å². The van der Waals surface area contributed by atoms with Crippen LogP contribution in [0.5, 0.6) is 5.88 Å². The number of benzene rings is 1. The van der Waals surface area contributed by atoms with Crippen LogP contribution < -0.4 is 10.1 Å². The van der Waals surface area contributed by atoms with Crippen LogP contribution in [0.2, 0.25) is 0 Å². The molecule has 6 heteroatoms. The maximum atomic E-state index is 13.6. The van der Waals surface area contributed by atoms with Crippen molar-refractivity contribution in [1.29, 1.82) is 0 Å². The summed E-state index contributed by atoms with van der Waals surface area (Å²) in [7, 11) is 0. The number of ether oxygens (including phenoxy) is 1. The molecule has 1 aliphatic rings. The number of carbonyl (C=O) groups excluding carboxylic acids is 1. The number of aromatic nitrogens is 1. The number of para-hydroxylation sites is 1. The van der Waals surface area contributed by atoms with Crippen LogP contribution in [0.3, 0.4) is 0 Å². The van der Waals surface area contributed by atoms with Gasteiger partial charge in [-0.05, 0) is 37.0 Å². The molecule has 0 spiro atoms. The van der Waals surface area contributed by atoms with E-state index in [1.54, 1.807) is 29.3 Å². The van der Waals surface area contributed by atoms with Gasteiger partial charge in [-0.15, -0.1) is 0 Å². The molecule has 2 amide bonds. The lowest BCUT2D eigenvalue weighted by atomic mass is 9.98. The number of urea groups is 1. The highest BCUT2D eigenvalue weighted by atomic mass is 19.1. The van der Waals surface area contributed by atoms with E-state index in [0.717, 1.165) is 12.8 Å². The molecule has 3 rings (SSSR count). The Balaban J connectivity index is 1.44. The zero-order valence-electron chi connectivity index (χ0n) is 13.3. The molecule has 1 saturated heterocycles. The van der Waals surface area contributed by atoms with Crippen LogP contribution >= 0.6 is 0 Å². The average Bonchev–Trinajstić information content (AvgIpc) is 2.63. The van der Waals surface area contributed by atoms with Crippen molar-refractivity contribution in [3.05, 3.63) is 54.5 Å². The van der Waals surface area contributed by atoms with Gasteiger partial charge in [0, 0.05) is 25.4 Å². The number of hydrogen-bond acceptors (Lipinski definition) is 3. The number of halogens is 1. The fraction of sp³-hybridized carbons (Fsp3) is 0.333. The molecule has 2 aromatic rings. The largest absolute Gasteiger partial charge is 0.477 e. The molecule has 0 atom stereocenters. The van der Waals surface area contributed by atoms with Gasteiger partial charge in [-0.2, -0.15) is 0 Å². The predicted molar refractivity (Wildman–Crippen MR) is 89.4 cm³/mol. The molecule has 1 aliphatic heterocycles. The fourth-order valence-electron chi connectivity index (χ4n) is 2.70. The van der Waals surface area contributed by atoms with E-state index >= 15 is 0 Å². The second-order valence-corrected chi connectivity index (χ2v) is 5.82. The van der Waals surface area contributed by atoms with E-state index < -0.39 is 5.82 Å². The quantitative estimate of drug-likeness (QED) is 0.933. The maximum Gasteiger partial charge on any atom is 0.321 e. The number of anilines is 1. The van der Waals surface area contributed by atoms with E-state index in [4.69, 9.17) is 4.74 Å². The standard InChI is InChI=1S/C18H20FN3O2/c19-15-5-1-2-6-16(15)21-18(23)22-11-8-14(9-12-22)13-24-17-7-3-4-10-20-17/h1-7,10,14H,8-9,11-13H2,(H,21,23). The summed E-state index contributed by atoms with van der Waals surface area (Å²) >= 11 is 0. The van der Waals surface area contributed by atoms with Crippen LogP contribution in [-0.2, 0) is 0 Å². The van der Waals surface area contributed by atoms with E-state index in [1.165, 1.54) is 6.07 Å². The molecule has 1 N–H and O–H groups in total. The molecule has 0 aliphatic carbocycles. The van der Waals surface area contributed by atoms with Gasteiger partial charge in [0.1, 0.15) is 5.82 Å². The molecule has 0 radical (unpaired) electrons. The van der Waals surface area contributed by atoms with Crippen LogP contribution in [0.25, 0.3) is 0 Å². The van der Waals surface area contributed by atoms with Gasteiger partial charge < -0.3 is 15.0 Å². The van der Waals surface area contributed by atoms with Crippen LogP contribution in [0.15, 0.2) is 48.7 Å². The first kappa shape index (κ1) is 16.2. The Morgan fingerprint density at radius 2 is 1.96 bits per heavy atom. The van der Waals surface area contributed by atoms with Crippen LogP contribution in [0.4, 0.5) is 14.9 Å². The number of hydrogen-bond donors (Lipinski definition) is 1. The summed E-state index contributed by atoms with van der Waals surface area (Å²) in [6.07, 6.45) is 3.42. The topological polar surface area (TPSA) is 54.5 Å². The molecule has 5 nitrogen and oxygen atoms in total. The second-order valence-electron chi connectivity index (χ2n) is 5.82. The van der Waals surface area contributed by atoms with Crippen LogP contribution in [0, 0.1) is 11.7 Å². The number of nitrogens with one attached hydrogen (secondary N) is 1. The first-order valence-corrected chi connectivity index (χ1v) is 8.06. The lowest BCUT2D eigenvalue weighted by Gasteiger charge is -2.31. The molecule has 0 saturated carbocycles. The van der Waals surface area contributed by atoms with E-state index in [-0.39, 0.29) is 11.7 Å². The normalized spacial score (nSPS) is 15.1. The maximum absolute atomic E-state index is 13.6. The van der Waals surface area contributed by atoms with Gasteiger partial charge in [0.05, 0.1) is 12.3 Å². The van der Waals surface area contributed by atoms with Gasteiger partial charge >= 0.3 is 6.03 Å². The van der Waals surface area contributed by atoms with Crippen LogP contribution in [0.1, 0.15) is 12.8 Å². The Bertz CT molecular complexity index is 673. The molecule has 1 fully saturated rings. The minimum absolute atomic E-state index is 0.211. The Hall–Kier alpha value is -2.63. The summed E-state index contributed by atoms with van der Waals surface area (Å²) in [4.78, 5) is 18.1. The van der Waals surface area contributed by atoms with Crippen molar-refractivity contribution in [1.82, 2.24) is 9.88 Å². The van der Waals surface area contributed by atoms with Crippen molar-refractivity contribution >= 4 is 11.7 Å². The first-order valence-electron chi connectivity index (χ1n) is 8.06. The minimum Gasteiger partial charge on any atom is -0.477 e. The van der Waals surface area contributed by atoms with Gasteiger partial charge in [0.2, 0.25) is 5.88 Å². The number of rotatable bonds is 4. The van der Waals surface area contributed by atoms with E-state index in [0.29, 0.717) is 31.5 Å². The Morgan fingerprint density at radius 3 is 2.67 bits per heavy atom. The van der Waals surface area contributed by atoms with E-state index in [2.05, 4.69) is 10.3 Å². The van der Waals surface area contributed by atoms with Gasteiger partial charge in [-0.1, -0.05) is 18.2 Å². The molecular weight excluding hydrogens is 309 g/mol. The summed E-state index contributed by atoms with van der Waals surface area (Å²) in [5.41, 5.74) is 0.211. The zero-order chi connectivity index (χ0) is 16.8. The lowest BCUT2D eigenvalue weighted by molar-refractivity contribution is 0.150. The molecule has 126 valence electrons. The highest BCUT2D eigenvalue weighted by molar-refractivity contribution is 5.89. The van der Waals surface area contributed by atoms with Crippen molar-refractivity contribution in [2.45, 2.75) is 12.8 Å². The highest BCUT2D eigenvalue weighted by Crippen LogP contribution is 2.20. The minimum atomic E-state index is -0.426. The number of piperidine rings is 1.